The van der Waals surface area contributed by atoms with Gasteiger partial charge in [0.1, 0.15) is 0 Å². The molecule has 0 bridgehead atoms. The van der Waals surface area contributed by atoms with Crippen LogP contribution in [0.3, 0.4) is 0 Å². The van der Waals surface area contributed by atoms with Crippen molar-refractivity contribution in [1.82, 2.24) is 10.2 Å². The van der Waals surface area contributed by atoms with Crippen molar-refractivity contribution in [2.45, 2.75) is 19.4 Å². The molecule has 0 aliphatic heterocycles. The number of aromatic amines is 1. The van der Waals surface area contributed by atoms with Gasteiger partial charge in [-0.25, -0.2) is 0 Å². The second-order valence-electron chi connectivity index (χ2n) is 4.22. The van der Waals surface area contributed by atoms with Crippen LogP contribution in [0.2, 0.25) is 0 Å². The average Bonchev–Trinajstić information content (AvgIpc) is 2.76. The first-order valence-electron chi connectivity index (χ1n) is 5.77. The van der Waals surface area contributed by atoms with Gasteiger partial charge in [0.05, 0.1) is 6.04 Å². The molecule has 0 saturated carbocycles. The number of nitrogens with one attached hydrogen (secondary N) is 2. The first-order chi connectivity index (χ1) is 8.65. The highest BCUT2D eigenvalue weighted by molar-refractivity contribution is 5.94. The molecule has 5 nitrogen and oxygen atoms in total. The third kappa shape index (κ3) is 3.18. The number of aryl methyl sites for hydroxylation is 1. The van der Waals surface area contributed by atoms with Gasteiger partial charge in [0.2, 0.25) is 5.91 Å². The number of rotatable bonds is 4. The number of aromatic nitrogens is 2. The summed E-state index contributed by atoms with van der Waals surface area (Å²) in [5, 5.41) is 9.37. The van der Waals surface area contributed by atoms with E-state index in [0.29, 0.717) is 12.2 Å². The average molecular weight is 244 g/mol. The maximum atomic E-state index is 11.8. The zero-order valence-electron chi connectivity index (χ0n) is 10.2. The molecule has 5 heteroatoms. The first-order valence-corrected chi connectivity index (χ1v) is 5.77. The molecule has 0 aliphatic rings. The molecular weight excluding hydrogens is 228 g/mol. The summed E-state index contributed by atoms with van der Waals surface area (Å²) in [6.07, 6.45) is 0.510. The predicted octanol–water partition coefficient (Wildman–Crippen LogP) is 1.23. The van der Waals surface area contributed by atoms with E-state index in [4.69, 9.17) is 5.73 Å². The van der Waals surface area contributed by atoms with Crippen LogP contribution in [0.5, 0.6) is 0 Å². The van der Waals surface area contributed by atoms with Crippen LogP contribution in [-0.4, -0.2) is 22.1 Å². The molecule has 1 aromatic heterocycles. The summed E-state index contributed by atoms with van der Waals surface area (Å²) < 4.78 is 0. The molecule has 1 amide bonds. The fourth-order valence-electron chi connectivity index (χ4n) is 1.66. The number of amides is 1. The highest BCUT2D eigenvalue weighted by Crippen LogP contribution is 2.06. The zero-order valence-corrected chi connectivity index (χ0v) is 10.2. The van der Waals surface area contributed by atoms with Crippen LogP contribution in [0.1, 0.15) is 11.3 Å². The molecule has 1 atom stereocenters. The topological polar surface area (TPSA) is 83.8 Å². The van der Waals surface area contributed by atoms with Crippen molar-refractivity contribution in [1.29, 1.82) is 0 Å². The van der Waals surface area contributed by atoms with Crippen LogP contribution >= 0.6 is 0 Å². The quantitative estimate of drug-likeness (QED) is 0.756. The summed E-state index contributed by atoms with van der Waals surface area (Å²) in [5.74, 6) is 0.270. The Kier molecular flexibility index (Phi) is 3.74. The Hall–Kier alpha value is -2.14. The molecule has 2 rings (SSSR count). The number of anilines is 1. The first kappa shape index (κ1) is 12.3. The summed E-state index contributed by atoms with van der Waals surface area (Å²) in [5.41, 5.74) is 7.78. The normalized spacial score (nSPS) is 12.1. The molecule has 0 spiro atoms. The molecule has 0 saturated heterocycles. The van der Waals surface area contributed by atoms with Gasteiger partial charge in [0.25, 0.3) is 0 Å². The number of carbonyl (C=O) groups excluding carboxylic acids is 1. The minimum atomic E-state index is -0.579. The van der Waals surface area contributed by atoms with Crippen LogP contribution < -0.4 is 11.1 Å². The number of nitrogens with two attached hydrogens (primary N) is 1. The van der Waals surface area contributed by atoms with E-state index < -0.39 is 6.04 Å². The van der Waals surface area contributed by atoms with Crippen LogP contribution in [-0.2, 0) is 11.2 Å². The molecule has 0 unspecified atom stereocenters. The van der Waals surface area contributed by atoms with E-state index in [1.54, 1.807) is 6.07 Å². The third-order valence-electron chi connectivity index (χ3n) is 2.59. The number of benzene rings is 1. The van der Waals surface area contributed by atoms with Gasteiger partial charge in [0, 0.05) is 11.8 Å². The molecule has 0 radical (unpaired) electrons. The van der Waals surface area contributed by atoms with Crippen LogP contribution in [0.4, 0.5) is 5.82 Å². The molecule has 1 aromatic carbocycles. The maximum Gasteiger partial charge on any atom is 0.242 e. The molecule has 1 heterocycles. The lowest BCUT2D eigenvalue weighted by Crippen LogP contribution is -2.37. The van der Waals surface area contributed by atoms with Gasteiger partial charge in [0.15, 0.2) is 5.82 Å². The molecular formula is C13H16N4O. The zero-order chi connectivity index (χ0) is 13.0. The van der Waals surface area contributed by atoms with Gasteiger partial charge < -0.3 is 11.1 Å². The largest absolute Gasteiger partial charge is 0.320 e. The second-order valence-corrected chi connectivity index (χ2v) is 4.22. The lowest BCUT2D eigenvalue weighted by atomic mass is 10.1. The minimum Gasteiger partial charge on any atom is -0.320 e. The summed E-state index contributed by atoms with van der Waals surface area (Å²) >= 11 is 0. The molecule has 94 valence electrons. The lowest BCUT2D eigenvalue weighted by Gasteiger charge is -2.10. The van der Waals surface area contributed by atoms with Crippen molar-refractivity contribution < 1.29 is 4.79 Å². The number of hydrogen-bond acceptors (Lipinski definition) is 3. The number of nitrogens with zero attached hydrogens (tertiary/aromatic N) is 1. The monoisotopic (exact) mass is 244 g/mol. The van der Waals surface area contributed by atoms with Crippen molar-refractivity contribution in [3.63, 3.8) is 0 Å². The SMILES string of the molecule is Cc1cc(NC(=O)[C@@H](N)Cc2ccccc2)n[nH]1. The summed E-state index contributed by atoms with van der Waals surface area (Å²) in [6.45, 7) is 1.87. The smallest absolute Gasteiger partial charge is 0.242 e. The van der Waals surface area contributed by atoms with Crippen molar-refractivity contribution >= 4 is 11.7 Å². The van der Waals surface area contributed by atoms with Crippen molar-refractivity contribution in [3.8, 4) is 0 Å². The number of carbonyl (C=O) groups is 1. The highest BCUT2D eigenvalue weighted by Gasteiger charge is 2.15. The summed E-state index contributed by atoms with van der Waals surface area (Å²) in [4.78, 5) is 11.8. The van der Waals surface area contributed by atoms with E-state index in [1.807, 2.05) is 37.3 Å². The van der Waals surface area contributed by atoms with Crippen LogP contribution in [0, 0.1) is 6.92 Å². The predicted molar refractivity (Wildman–Crippen MR) is 70.1 cm³/mol. The Balaban J connectivity index is 1.93. The molecule has 2 aromatic rings. The third-order valence-corrected chi connectivity index (χ3v) is 2.59. The van der Waals surface area contributed by atoms with Gasteiger partial charge in [-0.3, -0.25) is 9.89 Å². The fourth-order valence-corrected chi connectivity index (χ4v) is 1.66. The van der Waals surface area contributed by atoms with E-state index in [0.717, 1.165) is 11.3 Å². The Bertz CT molecular complexity index is 521. The maximum absolute atomic E-state index is 11.8. The molecule has 0 aliphatic carbocycles. The molecule has 18 heavy (non-hydrogen) atoms. The Labute approximate surface area is 105 Å². The highest BCUT2D eigenvalue weighted by atomic mass is 16.2. The van der Waals surface area contributed by atoms with Crippen molar-refractivity contribution in [2.24, 2.45) is 5.73 Å². The summed E-state index contributed by atoms with van der Waals surface area (Å²) in [6, 6.07) is 10.9. The van der Waals surface area contributed by atoms with Gasteiger partial charge >= 0.3 is 0 Å². The fraction of sp³-hybridized carbons (Fsp3) is 0.231. The molecule has 4 N–H and O–H groups in total. The Morgan fingerprint density at radius 1 is 1.44 bits per heavy atom. The second kappa shape index (κ2) is 5.46. The number of H-pyrrole nitrogens is 1. The van der Waals surface area contributed by atoms with E-state index in [2.05, 4.69) is 15.5 Å². The standard InChI is InChI=1S/C13H16N4O/c1-9-7-12(17-16-9)15-13(18)11(14)8-10-5-3-2-4-6-10/h2-7,11H,8,14H2,1H3,(H2,15,16,17,18)/t11-/m0/s1. The van der Waals surface area contributed by atoms with E-state index >= 15 is 0 Å². The van der Waals surface area contributed by atoms with Gasteiger partial charge in [-0.1, -0.05) is 30.3 Å². The van der Waals surface area contributed by atoms with E-state index in [1.165, 1.54) is 0 Å². The van der Waals surface area contributed by atoms with Crippen molar-refractivity contribution in [3.05, 3.63) is 47.7 Å². The minimum absolute atomic E-state index is 0.231. The van der Waals surface area contributed by atoms with E-state index in [9.17, 15) is 4.79 Å². The van der Waals surface area contributed by atoms with Gasteiger partial charge in [-0.15, -0.1) is 0 Å². The summed E-state index contributed by atoms with van der Waals surface area (Å²) in [7, 11) is 0. The number of hydrogen-bond donors (Lipinski definition) is 3. The van der Waals surface area contributed by atoms with E-state index in [-0.39, 0.29) is 5.91 Å². The van der Waals surface area contributed by atoms with Crippen LogP contribution in [0.15, 0.2) is 36.4 Å². The van der Waals surface area contributed by atoms with Crippen molar-refractivity contribution in [2.75, 3.05) is 5.32 Å². The Morgan fingerprint density at radius 2 is 2.17 bits per heavy atom. The molecule has 0 fully saturated rings. The lowest BCUT2D eigenvalue weighted by molar-refractivity contribution is -0.117. The van der Waals surface area contributed by atoms with Gasteiger partial charge in [-0.2, -0.15) is 5.10 Å². The Morgan fingerprint density at radius 3 is 2.78 bits per heavy atom. The van der Waals surface area contributed by atoms with Crippen LogP contribution in [0.25, 0.3) is 0 Å². The van der Waals surface area contributed by atoms with Gasteiger partial charge in [-0.05, 0) is 18.9 Å².